The van der Waals surface area contributed by atoms with E-state index in [1.807, 2.05) is 19.9 Å². The summed E-state index contributed by atoms with van der Waals surface area (Å²) in [6.07, 6.45) is 5.19. The summed E-state index contributed by atoms with van der Waals surface area (Å²) >= 11 is -0.669. The van der Waals surface area contributed by atoms with E-state index in [2.05, 4.69) is 9.27 Å². The van der Waals surface area contributed by atoms with Crippen molar-refractivity contribution in [3.8, 4) is 16.2 Å². The van der Waals surface area contributed by atoms with E-state index in [0.717, 1.165) is 29.6 Å². The zero-order valence-electron chi connectivity index (χ0n) is 20.1. The Bertz CT molecular complexity index is 1420. The number of carbonyl (C=O) groups is 1. The van der Waals surface area contributed by atoms with Crippen molar-refractivity contribution in [2.24, 2.45) is 0 Å². The summed E-state index contributed by atoms with van der Waals surface area (Å²) in [5.41, 5.74) is 2.01. The predicted molar refractivity (Wildman–Crippen MR) is 140 cm³/mol. The molecule has 0 radical (unpaired) electrons. The monoisotopic (exact) mass is 592 g/mol. The number of hydrogen-bond donors (Lipinski definition) is 0. The molecular formula is C25H26AsFN2O5S2. The third-order valence-electron chi connectivity index (χ3n) is 5.87. The predicted octanol–water partition coefficient (Wildman–Crippen LogP) is 3.43. The molecule has 7 nitrogen and oxygen atoms in total. The Hall–Kier alpha value is -2.52. The topological polar surface area (TPSA) is 85.8 Å². The average molecular weight is 593 g/mol. The minimum atomic E-state index is -3.84. The molecule has 3 aromatic rings. The molecule has 1 aromatic heterocycles. The van der Waals surface area contributed by atoms with E-state index < -0.39 is 34.5 Å². The van der Waals surface area contributed by atoms with Crippen molar-refractivity contribution >= 4 is 50.6 Å². The molecule has 0 aliphatic carbocycles. The summed E-state index contributed by atoms with van der Waals surface area (Å²) in [4.78, 5) is 15.9. The number of rotatable bonds is 9. The van der Waals surface area contributed by atoms with Crippen molar-refractivity contribution in [1.82, 2.24) is 9.27 Å². The summed E-state index contributed by atoms with van der Waals surface area (Å²) in [5, 5.41) is 0. The van der Waals surface area contributed by atoms with Crippen LogP contribution >= 0.6 is 11.5 Å². The van der Waals surface area contributed by atoms with Crippen LogP contribution < -0.4 is 9.09 Å². The number of aromatic nitrogens is 1. The summed E-state index contributed by atoms with van der Waals surface area (Å²) in [6, 6.07) is 7.08. The van der Waals surface area contributed by atoms with Crippen LogP contribution in [0.5, 0.6) is 5.75 Å². The van der Waals surface area contributed by atoms with Crippen LogP contribution in [-0.4, -0.2) is 65.0 Å². The summed E-state index contributed by atoms with van der Waals surface area (Å²) in [6.45, 7) is 6.63. The van der Waals surface area contributed by atoms with Gasteiger partial charge in [-0.25, -0.2) is 0 Å². The van der Waals surface area contributed by atoms with Gasteiger partial charge in [-0.3, -0.25) is 0 Å². The molecule has 4 rings (SSSR count). The third-order valence-corrected chi connectivity index (χ3v) is 13.5. The van der Waals surface area contributed by atoms with E-state index in [1.165, 1.54) is 30.8 Å². The van der Waals surface area contributed by atoms with Crippen LogP contribution in [0.15, 0.2) is 47.5 Å². The van der Waals surface area contributed by atoms with Crippen molar-refractivity contribution in [3.63, 3.8) is 0 Å². The first kappa shape index (κ1) is 26.5. The van der Waals surface area contributed by atoms with E-state index in [9.17, 15) is 17.6 Å². The second-order valence-electron chi connectivity index (χ2n) is 8.00. The first-order valence-electron chi connectivity index (χ1n) is 11.3. The van der Waals surface area contributed by atoms with Crippen LogP contribution in [0.3, 0.4) is 0 Å². The number of esters is 1. The van der Waals surface area contributed by atoms with Crippen LogP contribution in [0.4, 0.5) is 4.39 Å². The van der Waals surface area contributed by atoms with Gasteiger partial charge in [0.25, 0.3) is 0 Å². The van der Waals surface area contributed by atoms with Crippen LogP contribution in [0.2, 0.25) is 0 Å². The van der Waals surface area contributed by atoms with Gasteiger partial charge < -0.3 is 0 Å². The summed E-state index contributed by atoms with van der Waals surface area (Å²) in [5.74, 6) is -0.866. The van der Waals surface area contributed by atoms with E-state index >= 15 is 0 Å². The van der Waals surface area contributed by atoms with Gasteiger partial charge in [-0.1, -0.05) is 0 Å². The second-order valence-corrected chi connectivity index (χ2v) is 16.3. The first-order chi connectivity index (χ1) is 17.3. The Morgan fingerprint density at radius 1 is 1.28 bits per heavy atom. The van der Waals surface area contributed by atoms with Crippen LogP contribution in [0.1, 0.15) is 35.3 Å². The van der Waals surface area contributed by atoms with E-state index in [-0.39, 0.29) is 22.6 Å². The van der Waals surface area contributed by atoms with Crippen LogP contribution in [0, 0.1) is 5.82 Å². The molecule has 1 aliphatic heterocycles. The summed E-state index contributed by atoms with van der Waals surface area (Å²) in [7, 11) is -2.59. The fourth-order valence-electron chi connectivity index (χ4n) is 3.94. The van der Waals surface area contributed by atoms with Gasteiger partial charge in [-0.05, 0) is 0 Å². The van der Waals surface area contributed by atoms with Gasteiger partial charge in [0.05, 0.1) is 0 Å². The maximum atomic E-state index is 14.1. The van der Waals surface area contributed by atoms with Gasteiger partial charge in [-0.2, -0.15) is 0 Å². The van der Waals surface area contributed by atoms with Crippen LogP contribution in [0.25, 0.3) is 16.5 Å². The van der Waals surface area contributed by atoms with Gasteiger partial charge >= 0.3 is 220 Å². The standard InChI is InChI=1S/C25H26AsFN2O5S2/c1-4-29(5-2)12-6-7-16-13-18(27)8-11-21(16)36(31,32)26-20-10-9-19-23(22(20)25(30)33-3)34-15-17-14-28-35-24(17)19/h6-11,13-14,26H,4-5,12,15H2,1-3H3/b7-6-. The minimum absolute atomic E-state index is 0.0406. The Balaban J connectivity index is 1.73. The molecule has 2 heterocycles. The number of hydrogen-bond acceptors (Lipinski definition) is 8. The second kappa shape index (κ2) is 11.3. The quantitative estimate of drug-likeness (QED) is 0.278. The molecule has 0 amide bonds. The van der Waals surface area contributed by atoms with Crippen molar-refractivity contribution in [1.29, 1.82) is 0 Å². The van der Waals surface area contributed by atoms with Gasteiger partial charge in [0.2, 0.25) is 0 Å². The Kier molecular flexibility index (Phi) is 8.30. The molecule has 0 saturated carbocycles. The average Bonchev–Trinajstić information content (AvgIpc) is 3.35. The number of methoxy groups -OCH3 is 1. The molecule has 1 aliphatic rings. The normalized spacial score (nSPS) is 13.2. The van der Waals surface area contributed by atoms with Crippen LogP contribution in [-0.2, 0) is 19.4 Å². The Labute approximate surface area is 219 Å². The first-order valence-corrected chi connectivity index (χ1v) is 17.2. The van der Waals surface area contributed by atoms with Crippen molar-refractivity contribution in [2.45, 2.75) is 25.3 Å². The van der Waals surface area contributed by atoms with E-state index in [0.29, 0.717) is 22.2 Å². The molecule has 0 N–H and O–H groups in total. The van der Waals surface area contributed by atoms with Gasteiger partial charge in [0, 0.05) is 0 Å². The molecule has 0 bridgehead atoms. The molecule has 190 valence electrons. The maximum absolute atomic E-state index is 14.1. The SMILES string of the molecule is CCN(CC)C/C=C\c1cc(F)ccc1S(=O)(=O)[AsH]c1ccc2c(c1C(=O)OC)OCc1cnsc1-2. The number of ether oxygens (including phenoxy) is 2. The Morgan fingerprint density at radius 2 is 2.06 bits per heavy atom. The molecule has 2 aromatic carbocycles. The van der Waals surface area contributed by atoms with Crippen molar-refractivity contribution < 1.29 is 27.1 Å². The fraction of sp³-hybridized carbons (Fsp3) is 0.280. The molecule has 0 fully saturated rings. The fourth-order valence-corrected chi connectivity index (χ4v) is 11.4. The van der Waals surface area contributed by atoms with Gasteiger partial charge in [0.15, 0.2) is 0 Å². The molecular weight excluding hydrogens is 566 g/mol. The number of benzene rings is 2. The van der Waals surface area contributed by atoms with Gasteiger partial charge in [-0.15, -0.1) is 0 Å². The molecule has 1 unspecified atom stereocenters. The molecule has 11 heteroatoms. The summed E-state index contributed by atoms with van der Waals surface area (Å²) < 4.78 is 56.8. The molecule has 1 atom stereocenters. The zero-order chi connectivity index (χ0) is 25.9. The number of fused-ring (bicyclic) bond motifs is 3. The molecule has 0 spiro atoms. The third kappa shape index (κ3) is 5.42. The van der Waals surface area contributed by atoms with E-state index in [4.69, 9.17) is 9.47 Å². The Morgan fingerprint density at radius 3 is 2.78 bits per heavy atom. The molecule has 0 saturated heterocycles. The number of nitrogens with zero attached hydrogens (tertiary/aromatic N) is 2. The molecule has 36 heavy (non-hydrogen) atoms. The number of carbonyl (C=O) groups excluding carboxylic acids is 1. The number of likely N-dealkylation sites (N-methyl/N-ethyl adjacent to an activating group) is 1. The van der Waals surface area contributed by atoms with Gasteiger partial charge in [0.1, 0.15) is 0 Å². The zero-order valence-corrected chi connectivity index (χ0v) is 23.8. The van der Waals surface area contributed by atoms with Crippen molar-refractivity contribution in [2.75, 3.05) is 26.7 Å². The van der Waals surface area contributed by atoms with E-state index in [1.54, 1.807) is 24.4 Å². The number of halogens is 1. The van der Waals surface area contributed by atoms with Crippen molar-refractivity contribution in [3.05, 3.63) is 65.1 Å².